The summed E-state index contributed by atoms with van der Waals surface area (Å²) >= 11 is 0. The first-order valence-corrected chi connectivity index (χ1v) is 8.30. The van der Waals surface area contributed by atoms with Crippen LogP contribution in [0.1, 0.15) is 24.8 Å². The van der Waals surface area contributed by atoms with Gasteiger partial charge in [-0.15, -0.1) is 0 Å². The van der Waals surface area contributed by atoms with Gasteiger partial charge in [-0.2, -0.15) is 13.7 Å². The van der Waals surface area contributed by atoms with Crippen LogP contribution in [-0.2, 0) is 14.3 Å². The van der Waals surface area contributed by atoms with Gasteiger partial charge in [-0.05, 0) is 44.2 Å². The molecule has 2 aliphatic carbocycles. The molecule has 0 amide bonds. The number of nitriles is 1. The number of hydrogen-bond acceptors (Lipinski definition) is 4. The van der Waals surface area contributed by atoms with Crippen molar-refractivity contribution in [3.8, 4) is 6.07 Å². The highest BCUT2D eigenvalue weighted by Crippen LogP contribution is 2.50. The van der Waals surface area contributed by atoms with Crippen molar-refractivity contribution < 1.29 is 12.6 Å². The van der Waals surface area contributed by atoms with Crippen LogP contribution >= 0.6 is 0 Å². The van der Waals surface area contributed by atoms with Crippen molar-refractivity contribution in [1.29, 1.82) is 5.26 Å². The van der Waals surface area contributed by atoms with E-state index >= 15 is 0 Å². The van der Waals surface area contributed by atoms with E-state index in [4.69, 9.17) is 9.44 Å². The second-order valence-corrected chi connectivity index (χ2v) is 7.45. The largest absolute Gasteiger partial charge is 0.297 e. The van der Waals surface area contributed by atoms with E-state index in [0.717, 1.165) is 24.8 Å². The first kappa shape index (κ1) is 13.6. The fourth-order valence-corrected chi connectivity index (χ4v) is 4.60. The molecule has 1 aromatic rings. The molecule has 2 bridgehead atoms. The standard InChI is InChI=1S/C15H17NO3S/c1-10-2-4-13(5-3-10)20(17,18)19-15-8-11-6-12(9-16)14(15)7-11/h2-5,11-12,14-15H,6-8H2,1H3/t11-,12-,14-,15-/m0/s1. The van der Waals surface area contributed by atoms with E-state index in [2.05, 4.69) is 6.07 Å². The van der Waals surface area contributed by atoms with Gasteiger partial charge in [0.05, 0.1) is 23.0 Å². The molecule has 3 rings (SSSR count). The van der Waals surface area contributed by atoms with Gasteiger partial charge < -0.3 is 0 Å². The summed E-state index contributed by atoms with van der Waals surface area (Å²) in [5.74, 6) is 0.472. The Hall–Kier alpha value is -1.38. The maximum absolute atomic E-state index is 12.3. The third-order valence-electron chi connectivity index (χ3n) is 4.48. The fourth-order valence-electron chi connectivity index (χ4n) is 3.47. The number of rotatable bonds is 3. The predicted octanol–water partition coefficient (Wildman–Crippen LogP) is 2.64. The van der Waals surface area contributed by atoms with E-state index < -0.39 is 10.1 Å². The Balaban J connectivity index is 1.78. The average molecular weight is 291 g/mol. The summed E-state index contributed by atoms with van der Waals surface area (Å²) in [5, 5.41) is 9.10. The summed E-state index contributed by atoms with van der Waals surface area (Å²) in [6, 6.07) is 8.94. The molecule has 0 spiro atoms. The lowest BCUT2D eigenvalue weighted by molar-refractivity contribution is 0.126. The first-order chi connectivity index (χ1) is 9.49. The van der Waals surface area contributed by atoms with Gasteiger partial charge in [0.2, 0.25) is 0 Å². The van der Waals surface area contributed by atoms with Gasteiger partial charge >= 0.3 is 0 Å². The smallest absolute Gasteiger partial charge is 0.263 e. The number of fused-ring (bicyclic) bond motifs is 2. The normalized spacial score (nSPS) is 32.2. The highest BCUT2D eigenvalue weighted by atomic mass is 32.2. The topological polar surface area (TPSA) is 67.2 Å². The molecular weight excluding hydrogens is 274 g/mol. The van der Waals surface area contributed by atoms with Crippen molar-refractivity contribution in [1.82, 2.24) is 0 Å². The molecule has 2 saturated carbocycles. The Morgan fingerprint density at radius 2 is 1.90 bits per heavy atom. The number of benzene rings is 1. The SMILES string of the molecule is Cc1ccc(S(=O)(=O)O[C@H]2C[C@@H]3C[C@H]2[C@H](C#N)C3)cc1. The molecule has 0 saturated heterocycles. The van der Waals surface area contributed by atoms with E-state index in [1.807, 2.05) is 6.92 Å². The monoisotopic (exact) mass is 291 g/mol. The molecule has 5 heteroatoms. The lowest BCUT2D eigenvalue weighted by Gasteiger charge is -2.24. The molecule has 2 fully saturated rings. The van der Waals surface area contributed by atoms with Crippen molar-refractivity contribution in [3.63, 3.8) is 0 Å². The van der Waals surface area contributed by atoms with Crippen LogP contribution in [0.2, 0.25) is 0 Å². The molecule has 0 aromatic heterocycles. The van der Waals surface area contributed by atoms with Gasteiger partial charge in [-0.3, -0.25) is 4.18 Å². The van der Waals surface area contributed by atoms with Crippen molar-refractivity contribution in [2.75, 3.05) is 0 Å². The Morgan fingerprint density at radius 1 is 1.20 bits per heavy atom. The quantitative estimate of drug-likeness (QED) is 0.803. The van der Waals surface area contributed by atoms with Gasteiger partial charge in [0, 0.05) is 5.92 Å². The highest BCUT2D eigenvalue weighted by Gasteiger charge is 2.48. The maximum atomic E-state index is 12.3. The summed E-state index contributed by atoms with van der Waals surface area (Å²) in [6.07, 6.45) is 2.25. The summed E-state index contributed by atoms with van der Waals surface area (Å²) in [6.45, 7) is 1.91. The third kappa shape index (κ3) is 2.34. The Labute approximate surface area is 119 Å². The highest BCUT2D eigenvalue weighted by molar-refractivity contribution is 7.86. The lowest BCUT2D eigenvalue weighted by Crippen LogP contribution is -2.29. The maximum Gasteiger partial charge on any atom is 0.297 e. The van der Waals surface area contributed by atoms with Crippen LogP contribution in [0.4, 0.5) is 0 Å². The minimum absolute atomic E-state index is 0.0491. The number of aryl methyl sites for hydroxylation is 1. The zero-order valence-electron chi connectivity index (χ0n) is 11.3. The lowest BCUT2D eigenvalue weighted by atomic mass is 9.88. The van der Waals surface area contributed by atoms with Crippen molar-refractivity contribution in [2.24, 2.45) is 17.8 Å². The molecule has 4 nitrogen and oxygen atoms in total. The summed E-state index contributed by atoms with van der Waals surface area (Å²) < 4.78 is 29.9. The third-order valence-corrected chi connectivity index (χ3v) is 5.83. The zero-order chi connectivity index (χ0) is 14.3. The molecule has 0 unspecified atom stereocenters. The van der Waals surface area contributed by atoms with Gasteiger partial charge in [0.1, 0.15) is 0 Å². The minimum atomic E-state index is -3.72. The van der Waals surface area contributed by atoms with Gasteiger partial charge in [-0.1, -0.05) is 17.7 Å². The molecule has 0 radical (unpaired) electrons. The van der Waals surface area contributed by atoms with Gasteiger partial charge in [0.15, 0.2) is 0 Å². The van der Waals surface area contributed by atoms with E-state index in [0.29, 0.717) is 5.92 Å². The van der Waals surface area contributed by atoms with Crippen LogP contribution < -0.4 is 0 Å². The molecule has 0 N–H and O–H groups in total. The van der Waals surface area contributed by atoms with E-state index in [1.165, 1.54) is 0 Å². The molecule has 20 heavy (non-hydrogen) atoms. The Bertz CT molecular complexity index is 645. The minimum Gasteiger partial charge on any atom is -0.263 e. The second-order valence-electron chi connectivity index (χ2n) is 5.87. The molecule has 0 heterocycles. The van der Waals surface area contributed by atoms with Crippen LogP contribution in [0.15, 0.2) is 29.2 Å². The van der Waals surface area contributed by atoms with Crippen molar-refractivity contribution >= 4 is 10.1 Å². The Kier molecular flexibility index (Phi) is 3.31. The summed E-state index contributed by atoms with van der Waals surface area (Å²) in [5.41, 5.74) is 1.01. The molecule has 2 aliphatic rings. The van der Waals surface area contributed by atoms with Crippen LogP contribution in [0.5, 0.6) is 0 Å². The van der Waals surface area contributed by atoms with Crippen LogP contribution in [0.3, 0.4) is 0 Å². The fraction of sp³-hybridized carbons (Fsp3) is 0.533. The molecular formula is C15H17NO3S. The van der Waals surface area contributed by atoms with Crippen LogP contribution in [0, 0.1) is 36.0 Å². The first-order valence-electron chi connectivity index (χ1n) is 6.89. The van der Waals surface area contributed by atoms with E-state index in [1.54, 1.807) is 24.3 Å². The van der Waals surface area contributed by atoms with Crippen LogP contribution in [-0.4, -0.2) is 14.5 Å². The summed E-state index contributed by atoms with van der Waals surface area (Å²) in [7, 11) is -3.72. The van der Waals surface area contributed by atoms with Crippen molar-refractivity contribution in [3.05, 3.63) is 29.8 Å². The molecule has 4 atom stereocenters. The van der Waals surface area contributed by atoms with Gasteiger partial charge in [0.25, 0.3) is 10.1 Å². The average Bonchev–Trinajstić information content (AvgIpc) is 2.97. The predicted molar refractivity (Wildman–Crippen MR) is 73.2 cm³/mol. The van der Waals surface area contributed by atoms with E-state index in [-0.39, 0.29) is 22.8 Å². The Morgan fingerprint density at radius 3 is 2.50 bits per heavy atom. The molecule has 1 aromatic carbocycles. The van der Waals surface area contributed by atoms with E-state index in [9.17, 15) is 8.42 Å². The molecule has 0 aliphatic heterocycles. The number of nitrogens with zero attached hydrogens (tertiary/aromatic N) is 1. The van der Waals surface area contributed by atoms with Crippen molar-refractivity contribution in [2.45, 2.75) is 37.2 Å². The van der Waals surface area contributed by atoms with Crippen LogP contribution in [0.25, 0.3) is 0 Å². The molecule has 106 valence electrons. The zero-order valence-corrected chi connectivity index (χ0v) is 12.1. The van der Waals surface area contributed by atoms with Gasteiger partial charge in [-0.25, -0.2) is 0 Å². The summed E-state index contributed by atoms with van der Waals surface area (Å²) in [4.78, 5) is 0.194. The number of hydrogen-bond donors (Lipinski definition) is 0. The second kappa shape index (κ2) is 4.87.